The van der Waals surface area contributed by atoms with Crippen LogP contribution in [0.2, 0.25) is 0 Å². The van der Waals surface area contributed by atoms with Gasteiger partial charge in [0, 0.05) is 38.7 Å². The molecule has 2 heterocycles. The van der Waals surface area contributed by atoms with Gasteiger partial charge < -0.3 is 15.0 Å². The Morgan fingerprint density at radius 3 is 2.71 bits per heavy atom. The minimum absolute atomic E-state index is 0.388. The second kappa shape index (κ2) is 6.40. The van der Waals surface area contributed by atoms with Crippen molar-refractivity contribution in [3.63, 3.8) is 0 Å². The van der Waals surface area contributed by atoms with Crippen molar-refractivity contribution in [3.8, 4) is 0 Å². The molecule has 3 fully saturated rings. The molecule has 2 aliphatic heterocycles. The van der Waals surface area contributed by atoms with Crippen LogP contribution in [0.4, 0.5) is 0 Å². The molecule has 130 valence electrons. The molecule has 24 heavy (non-hydrogen) atoms. The number of guanidine groups is 1. The molecular weight excluding hydrogens is 298 g/mol. The van der Waals surface area contributed by atoms with E-state index < -0.39 is 0 Å². The predicted octanol–water partition coefficient (Wildman–Crippen LogP) is 2.70. The SMILES string of the molecule is CN=C(NCC1(Cc2ccccc2)CC1)N1CCC2(CCOC2)C1. The molecule has 0 aromatic heterocycles. The summed E-state index contributed by atoms with van der Waals surface area (Å²) in [5.41, 5.74) is 2.28. The van der Waals surface area contributed by atoms with Gasteiger partial charge in [-0.3, -0.25) is 4.99 Å². The van der Waals surface area contributed by atoms with E-state index in [2.05, 4.69) is 45.5 Å². The van der Waals surface area contributed by atoms with Gasteiger partial charge in [0.1, 0.15) is 0 Å². The quantitative estimate of drug-likeness (QED) is 0.682. The highest BCUT2D eigenvalue weighted by atomic mass is 16.5. The Morgan fingerprint density at radius 1 is 1.21 bits per heavy atom. The van der Waals surface area contributed by atoms with Gasteiger partial charge in [0.15, 0.2) is 5.96 Å². The summed E-state index contributed by atoms with van der Waals surface area (Å²) in [6.45, 7) is 5.10. The largest absolute Gasteiger partial charge is 0.381 e. The number of ether oxygens (including phenoxy) is 1. The van der Waals surface area contributed by atoms with Crippen molar-refractivity contribution in [2.45, 2.75) is 32.1 Å². The molecule has 1 atom stereocenters. The molecule has 1 saturated carbocycles. The summed E-state index contributed by atoms with van der Waals surface area (Å²) < 4.78 is 5.65. The highest BCUT2D eigenvalue weighted by molar-refractivity contribution is 5.80. The summed E-state index contributed by atoms with van der Waals surface area (Å²) in [7, 11) is 1.91. The van der Waals surface area contributed by atoms with E-state index in [9.17, 15) is 0 Å². The molecular formula is C20H29N3O. The third-order valence-corrected chi connectivity index (χ3v) is 6.14. The lowest BCUT2D eigenvalue weighted by Crippen LogP contribution is -2.43. The molecule has 4 rings (SSSR count). The van der Waals surface area contributed by atoms with Crippen LogP contribution in [-0.4, -0.2) is 50.8 Å². The van der Waals surface area contributed by atoms with Gasteiger partial charge in [0.05, 0.1) is 6.61 Å². The Hall–Kier alpha value is -1.55. The topological polar surface area (TPSA) is 36.9 Å². The zero-order valence-corrected chi connectivity index (χ0v) is 14.8. The lowest BCUT2D eigenvalue weighted by atomic mass is 9.87. The summed E-state index contributed by atoms with van der Waals surface area (Å²) in [6, 6.07) is 10.9. The lowest BCUT2D eigenvalue weighted by Gasteiger charge is -2.26. The van der Waals surface area contributed by atoms with Crippen LogP contribution in [0.25, 0.3) is 0 Å². The zero-order valence-electron chi connectivity index (χ0n) is 14.8. The normalized spacial score (nSPS) is 28.5. The number of nitrogens with one attached hydrogen (secondary N) is 1. The summed E-state index contributed by atoms with van der Waals surface area (Å²) in [6.07, 6.45) is 6.27. The van der Waals surface area contributed by atoms with Crippen molar-refractivity contribution in [2.75, 3.05) is 39.9 Å². The van der Waals surface area contributed by atoms with Gasteiger partial charge in [-0.1, -0.05) is 30.3 Å². The first kappa shape index (κ1) is 15.9. The zero-order chi connectivity index (χ0) is 16.5. The molecule has 1 aliphatic carbocycles. The van der Waals surface area contributed by atoms with Crippen LogP contribution in [0.3, 0.4) is 0 Å². The lowest BCUT2D eigenvalue weighted by molar-refractivity contribution is 0.156. The number of hydrogen-bond donors (Lipinski definition) is 1. The van der Waals surface area contributed by atoms with Gasteiger partial charge in [-0.25, -0.2) is 0 Å². The first-order valence-electron chi connectivity index (χ1n) is 9.30. The standard InChI is InChI=1S/C20H29N3O/c1-21-18(23-11-9-20(15-23)10-12-24-16-20)22-14-19(7-8-19)13-17-5-3-2-4-6-17/h2-6H,7-16H2,1H3,(H,21,22). The highest BCUT2D eigenvalue weighted by Crippen LogP contribution is 2.48. The maximum absolute atomic E-state index is 5.65. The van der Waals surface area contributed by atoms with Gasteiger partial charge in [-0.15, -0.1) is 0 Å². The fraction of sp³-hybridized carbons (Fsp3) is 0.650. The highest BCUT2D eigenvalue weighted by Gasteiger charge is 2.44. The van der Waals surface area contributed by atoms with Crippen LogP contribution in [-0.2, 0) is 11.2 Å². The van der Waals surface area contributed by atoms with Crippen LogP contribution in [0.1, 0.15) is 31.2 Å². The van der Waals surface area contributed by atoms with Crippen molar-refractivity contribution in [3.05, 3.63) is 35.9 Å². The van der Waals surface area contributed by atoms with Crippen molar-refractivity contribution in [1.82, 2.24) is 10.2 Å². The number of hydrogen-bond acceptors (Lipinski definition) is 2. The monoisotopic (exact) mass is 327 g/mol. The fourth-order valence-electron chi connectivity index (χ4n) is 4.31. The number of likely N-dealkylation sites (tertiary alicyclic amines) is 1. The third kappa shape index (κ3) is 3.30. The van der Waals surface area contributed by atoms with Gasteiger partial charge in [0.2, 0.25) is 0 Å². The number of rotatable bonds is 4. The minimum atomic E-state index is 0.388. The van der Waals surface area contributed by atoms with Crippen molar-refractivity contribution >= 4 is 5.96 Å². The smallest absolute Gasteiger partial charge is 0.193 e. The maximum Gasteiger partial charge on any atom is 0.193 e. The van der Waals surface area contributed by atoms with Crippen LogP contribution in [0.15, 0.2) is 35.3 Å². The molecule has 1 N–H and O–H groups in total. The van der Waals surface area contributed by atoms with E-state index in [1.54, 1.807) is 0 Å². The van der Waals surface area contributed by atoms with E-state index in [1.807, 2.05) is 7.05 Å². The van der Waals surface area contributed by atoms with E-state index in [-0.39, 0.29) is 0 Å². The molecule has 1 aromatic carbocycles. The van der Waals surface area contributed by atoms with Crippen LogP contribution < -0.4 is 5.32 Å². The molecule has 0 radical (unpaired) electrons. The van der Waals surface area contributed by atoms with Crippen LogP contribution in [0.5, 0.6) is 0 Å². The van der Waals surface area contributed by atoms with E-state index in [1.165, 1.54) is 37.7 Å². The predicted molar refractivity (Wildman–Crippen MR) is 97.2 cm³/mol. The molecule has 2 saturated heterocycles. The third-order valence-electron chi connectivity index (χ3n) is 6.14. The van der Waals surface area contributed by atoms with Gasteiger partial charge in [-0.05, 0) is 43.1 Å². The molecule has 1 spiro atoms. The van der Waals surface area contributed by atoms with Gasteiger partial charge >= 0.3 is 0 Å². The first-order valence-corrected chi connectivity index (χ1v) is 9.30. The summed E-state index contributed by atoms with van der Waals surface area (Å²) in [5, 5.41) is 3.68. The van der Waals surface area contributed by atoms with Crippen LogP contribution in [0, 0.1) is 10.8 Å². The second-order valence-electron chi connectivity index (χ2n) is 8.04. The Balaban J connectivity index is 1.33. The van der Waals surface area contributed by atoms with E-state index in [4.69, 9.17) is 4.74 Å². The minimum Gasteiger partial charge on any atom is -0.381 e. The van der Waals surface area contributed by atoms with E-state index in [0.29, 0.717) is 10.8 Å². The average Bonchev–Trinajstić information content (AvgIpc) is 3.04. The Morgan fingerprint density at radius 2 is 2.04 bits per heavy atom. The second-order valence-corrected chi connectivity index (χ2v) is 8.04. The van der Waals surface area contributed by atoms with Crippen molar-refractivity contribution in [1.29, 1.82) is 0 Å². The van der Waals surface area contributed by atoms with Gasteiger partial charge in [-0.2, -0.15) is 0 Å². The molecule has 4 heteroatoms. The number of benzene rings is 1. The van der Waals surface area contributed by atoms with E-state index in [0.717, 1.165) is 38.8 Å². The number of nitrogens with zero attached hydrogens (tertiary/aromatic N) is 2. The Bertz CT molecular complexity index is 588. The fourth-order valence-corrected chi connectivity index (χ4v) is 4.31. The first-order chi connectivity index (χ1) is 11.7. The molecule has 1 unspecified atom stereocenters. The summed E-state index contributed by atoms with van der Waals surface area (Å²) in [5.74, 6) is 1.08. The summed E-state index contributed by atoms with van der Waals surface area (Å²) in [4.78, 5) is 6.99. The van der Waals surface area contributed by atoms with Gasteiger partial charge in [0.25, 0.3) is 0 Å². The average molecular weight is 327 g/mol. The van der Waals surface area contributed by atoms with Crippen molar-refractivity contribution in [2.24, 2.45) is 15.8 Å². The molecule has 3 aliphatic rings. The van der Waals surface area contributed by atoms with Crippen LogP contribution >= 0.6 is 0 Å². The molecule has 1 aromatic rings. The molecule has 4 nitrogen and oxygen atoms in total. The molecule has 0 bridgehead atoms. The van der Waals surface area contributed by atoms with E-state index >= 15 is 0 Å². The Labute approximate surface area is 145 Å². The summed E-state index contributed by atoms with van der Waals surface area (Å²) >= 11 is 0. The maximum atomic E-state index is 5.65. The van der Waals surface area contributed by atoms with Crippen molar-refractivity contribution < 1.29 is 4.74 Å². The molecule has 0 amide bonds. The Kier molecular flexibility index (Phi) is 4.25. The number of aliphatic imine (C=N–C) groups is 1.